The summed E-state index contributed by atoms with van der Waals surface area (Å²) >= 11 is 0. The lowest BCUT2D eigenvalue weighted by Crippen LogP contribution is -2.67. The van der Waals surface area contributed by atoms with E-state index in [1.807, 2.05) is 0 Å². The highest BCUT2D eigenvalue weighted by Crippen LogP contribution is 2.35. The van der Waals surface area contributed by atoms with E-state index in [4.69, 9.17) is 0 Å². The predicted molar refractivity (Wildman–Crippen MR) is 60.6 cm³/mol. The topological polar surface area (TPSA) is 32.3 Å². The minimum Gasteiger partial charge on any atom is -0.334 e. The second-order valence-corrected chi connectivity index (χ2v) is 6.25. The van der Waals surface area contributed by atoms with Crippen molar-refractivity contribution in [2.24, 2.45) is 5.92 Å². The van der Waals surface area contributed by atoms with Crippen LogP contribution in [0.5, 0.6) is 0 Å². The number of carbonyl (C=O) groups excluding carboxylic acids is 1. The van der Waals surface area contributed by atoms with Crippen LogP contribution in [0.25, 0.3) is 0 Å². The summed E-state index contributed by atoms with van der Waals surface area (Å²) in [6.07, 6.45) is 2.19. The average Bonchev–Trinajstić information content (AvgIpc) is 2.92. The van der Waals surface area contributed by atoms with Crippen LogP contribution >= 0.6 is 0 Å². The highest BCUT2D eigenvalue weighted by Gasteiger charge is 2.44. The smallest absolute Gasteiger partial charge is 0.226 e. The molecule has 0 aromatic rings. The molecule has 2 fully saturated rings. The fourth-order valence-corrected chi connectivity index (χ4v) is 2.14. The van der Waals surface area contributed by atoms with Crippen LogP contribution in [0, 0.1) is 5.92 Å². The van der Waals surface area contributed by atoms with Crippen LogP contribution in [0.1, 0.15) is 40.5 Å². The minimum absolute atomic E-state index is 0.0325. The van der Waals surface area contributed by atoms with Crippen molar-refractivity contribution in [2.75, 3.05) is 13.1 Å². The molecule has 15 heavy (non-hydrogen) atoms. The van der Waals surface area contributed by atoms with Gasteiger partial charge in [-0.25, -0.2) is 0 Å². The van der Waals surface area contributed by atoms with Gasteiger partial charge in [-0.15, -0.1) is 0 Å². The second kappa shape index (κ2) is 3.21. The number of nitrogens with one attached hydrogen (secondary N) is 1. The highest BCUT2D eigenvalue weighted by molar-refractivity contribution is 5.82. The van der Waals surface area contributed by atoms with Crippen LogP contribution in [0.15, 0.2) is 0 Å². The van der Waals surface area contributed by atoms with Crippen LogP contribution < -0.4 is 5.32 Å². The lowest BCUT2D eigenvalue weighted by atomic mass is 9.91. The van der Waals surface area contributed by atoms with Gasteiger partial charge in [-0.05, 0) is 40.5 Å². The maximum Gasteiger partial charge on any atom is 0.226 e. The normalized spacial score (nSPS) is 28.9. The van der Waals surface area contributed by atoms with Gasteiger partial charge in [0, 0.05) is 30.1 Å². The zero-order valence-electron chi connectivity index (χ0n) is 10.3. The molecular formula is C12H22N2O. The maximum atomic E-state index is 12.2. The third kappa shape index (κ3) is 2.17. The van der Waals surface area contributed by atoms with Crippen molar-refractivity contribution < 1.29 is 4.79 Å². The maximum absolute atomic E-state index is 12.2. The molecule has 1 aliphatic heterocycles. The van der Waals surface area contributed by atoms with Crippen molar-refractivity contribution in [1.29, 1.82) is 0 Å². The molecule has 0 aromatic heterocycles. The first-order valence-electron chi connectivity index (χ1n) is 5.88. The van der Waals surface area contributed by atoms with E-state index in [0.717, 1.165) is 25.9 Å². The number of amides is 1. The van der Waals surface area contributed by atoms with E-state index in [1.54, 1.807) is 0 Å². The second-order valence-electron chi connectivity index (χ2n) is 6.25. The number of nitrogens with zero attached hydrogens (tertiary/aromatic N) is 1. The molecule has 0 aromatic carbocycles. The monoisotopic (exact) mass is 210 g/mol. The van der Waals surface area contributed by atoms with Gasteiger partial charge in [0.05, 0.1) is 0 Å². The summed E-state index contributed by atoms with van der Waals surface area (Å²) in [4.78, 5) is 14.2. The summed E-state index contributed by atoms with van der Waals surface area (Å²) in [6.45, 7) is 10.3. The number of hydrogen-bond acceptors (Lipinski definition) is 2. The van der Waals surface area contributed by atoms with Crippen LogP contribution in [-0.4, -0.2) is 35.0 Å². The third-order valence-electron chi connectivity index (χ3n) is 3.48. The van der Waals surface area contributed by atoms with Gasteiger partial charge in [0.15, 0.2) is 0 Å². The average molecular weight is 210 g/mol. The zero-order chi connectivity index (χ0) is 11.3. The van der Waals surface area contributed by atoms with Crippen molar-refractivity contribution >= 4 is 5.91 Å². The summed E-state index contributed by atoms with van der Waals surface area (Å²) < 4.78 is 0. The highest BCUT2D eigenvalue weighted by atomic mass is 16.2. The molecule has 2 aliphatic rings. The van der Waals surface area contributed by atoms with Crippen LogP contribution in [0.4, 0.5) is 0 Å². The van der Waals surface area contributed by atoms with Gasteiger partial charge < -0.3 is 10.2 Å². The summed E-state index contributed by atoms with van der Waals surface area (Å²) in [5.41, 5.74) is 0.0231. The first kappa shape index (κ1) is 10.9. The van der Waals surface area contributed by atoms with Gasteiger partial charge in [0.1, 0.15) is 0 Å². The van der Waals surface area contributed by atoms with E-state index in [0.29, 0.717) is 11.8 Å². The predicted octanol–water partition coefficient (Wildman–Crippen LogP) is 1.39. The molecule has 1 heterocycles. The summed E-state index contributed by atoms with van der Waals surface area (Å²) in [6, 6.07) is 0. The standard InChI is InChI=1S/C12H22N2O/c1-11(2)8-14(10(15)9-5-6-9)12(3,4)7-13-11/h9,13H,5-8H2,1-4H3. The van der Waals surface area contributed by atoms with E-state index in [1.165, 1.54) is 0 Å². The number of rotatable bonds is 1. The van der Waals surface area contributed by atoms with E-state index in [9.17, 15) is 4.79 Å². The lowest BCUT2D eigenvalue weighted by molar-refractivity contribution is -0.141. The Labute approximate surface area is 92.2 Å². The van der Waals surface area contributed by atoms with Crippen molar-refractivity contribution in [3.05, 3.63) is 0 Å². The quantitative estimate of drug-likeness (QED) is 0.709. The molecule has 86 valence electrons. The Morgan fingerprint density at radius 2 is 1.87 bits per heavy atom. The summed E-state index contributed by atoms with van der Waals surface area (Å²) in [5, 5.41) is 3.50. The molecule has 1 aliphatic carbocycles. The van der Waals surface area contributed by atoms with E-state index in [-0.39, 0.29) is 11.1 Å². The summed E-state index contributed by atoms with van der Waals surface area (Å²) in [7, 11) is 0. The molecule has 0 radical (unpaired) electrons. The van der Waals surface area contributed by atoms with E-state index < -0.39 is 0 Å². The molecule has 0 atom stereocenters. The Balaban J connectivity index is 2.14. The molecule has 0 bridgehead atoms. The molecule has 1 N–H and O–H groups in total. The molecule has 3 nitrogen and oxygen atoms in total. The van der Waals surface area contributed by atoms with Crippen LogP contribution in [0.2, 0.25) is 0 Å². The first-order valence-corrected chi connectivity index (χ1v) is 5.88. The van der Waals surface area contributed by atoms with Gasteiger partial charge in [-0.1, -0.05) is 0 Å². The van der Waals surface area contributed by atoms with Crippen molar-refractivity contribution in [3.8, 4) is 0 Å². The molecule has 2 rings (SSSR count). The Morgan fingerprint density at radius 1 is 1.27 bits per heavy atom. The lowest BCUT2D eigenvalue weighted by Gasteiger charge is -2.49. The van der Waals surface area contributed by atoms with Crippen molar-refractivity contribution in [3.63, 3.8) is 0 Å². The van der Waals surface area contributed by atoms with E-state index >= 15 is 0 Å². The molecule has 0 unspecified atom stereocenters. The fraction of sp³-hybridized carbons (Fsp3) is 0.917. The zero-order valence-corrected chi connectivity index (χ0v) is 10.3. The Kier molecular flexibility index (Phi) is 2.34. The third-order valence-corrected chi connectivity index (χ3v) is 3.48. The number of carbonyl (C=O) groups is 1. The van der Waals surface area contributed by atoms with Gasteiger partial charge in [0.2, 0.25) is 5.91 Å². The molecule has 3 heteroatoms. The SMILES string of the molecule is CC1(C)CN(C(=O)C2CC2)C(C)(C)CN1. The molecule has 1 saturated carbocycles. The molecular weight excluding hydrogens is 188 g/mol. The van der Waals surface area contributed by atoms with E-state index in [2.05, 4.69) is 37.9 Å². The molecule has 0 spiro atoms. The van der Waals surface area contributed by atoms with Gasteiger partial charge in [-0.3, -0.25) is 4.79 Å². The van der Waals surface area contributed by atoms with Crippen LogP contribution in [-0.2, 0) is 4.79 Å². The first-order chi connectivity index (χ1) is 6.82. The summed E-state index contributed by atoms with van der Waals surface area (Å²) in [5.74, 6) is 0.702. The molecule has 1 amide bonds. The Morgan fingerprint density at radius 3 is 2.40 bits per heavy atom. The molecule has 1 saturated heterocycles. The largest absolute Gasteiger partial charge is 0.334 e. The van der Waals surface area contributed by atoms with Gasteiger partial charge in [-0.2, -0.15) is 0 Å². The Hall–Kier alpha value is -0.570. The van der Waals surface area contributed by atoms with Crippen LogP contribution in [0.3, 0.4) is 0 Å². The van der Waals surface area contributed by atoms with Gasteiger partial charge in [0.25, 0.3) is 0 Å². The van der Waals surface area contributed by atoms with Crippen molar-refractivity contribution in [1.82, 2.24) is 10.2 Å². The minimum atomic E-state index is -0.0325. The number of hydrogen-bond donors (Lipinski definition) is 1. The van der Waals surface area contributed by atoms with Crippen molar-refractivity contribution in [2.45, 2.75) is 51.6 Å². The number of piperazine rings is 1. The van der Waals surface area contributed by atoms with Gasteiger partial charge >= 0.3 is 0 Å². The fourth-order valence-electron chi connectivity index (χ4n) is 2.14. The Bertz CT molecular complexity index is 279.